The third kappa shape index (κ3) is 7.37. The predicted molar refractivity (Wildman–Crippen MR) is 92.4 cm³/mol. The summed E-state index contributed by atoms with van der Waals surface area (Å²) in [7, 11) is -11.8. The topological polar surface area (TPSA) is 238 Å². The minimum atomic E-state index is -5.91. The Balaban J connectivity index is 0.00000480. The van der Waals surface area contributed by atoms with Crippen LogP contribution in [0.4, 0.5) is 10.2 Å². The van der Waals surface area contributed by atoms with Crippen LogP contribution >= 0.6 is 15.2 Å². The quantitative estimate of drug-likeness (QED) is 0.101. The summed E-state index contributed by atoms with van der Waals surface area (Å²) in [6.07, 6.45) is -4.11. The molecule has 1 fully saturated rings. The summed E-state index contributed by atoms with van der Waals surface area (Å²) in [5.41, 5.74) is -0.981. The van der Waals surface area contributed by atoms with Crippen molar-refractivity contribution in [1.82, 2.24) is 9.55 Å². The summed E-state index contributed by atoms with van der Waals surface area (Å²) in [6, 6.07) is 0. The summed E-state index contributed by atoms with van der Waals surface area (Å²) in [6.45, 7) is -0.913. The van der Waals surface area contributed by atoms with Crippen LogP contribution in [-0.4, -0.2) is 65.1 Å². The molecule has 14 nitrogen and oxygen atoms in total. The Labute approximate surface area is 225 Å². The Hall–Kier alpha value is 0.750. The van der Waals surface area contributed by atoms with Gasteiger partial charge < -0.3 is 54.1 Å². The second-order valence-corrected chi connectivity index (χ2v) is 10.5. The van der Waals surface area contributed by atoms with Gasteiger partial charge in [-0.05, 0) is 12.8 Å². The molecule has 32 heavy (non-hydrogen) atoms. The van der Waals surface area contributed by atoms with Crippen LogP contribution in [0.5, 0.6) is 0 Å². The van der Waals surface area contributed by atoms with Gasteiger partial charge in [-0.2, -0.15) is 4.98 Å². The van der Waals surface area contributed by atoms with Crippen molar-refractivity contribution in [2.45, 2.75) is 42.8 Å². The second kappa shape index (κ2) is 12.6. The number of ether oxygens (including phenoxy) is 1. The maximum absolute atomic E-state index is 14.2. The predicted octanol–water partition coefficient (Wildman–Crippen LogP) is -9.04. The van der Waals surface area contributed by atoms with Crippen molar-refractivity contribution in [3.63, 3.8) is 0 Å². The maximum atomic E-state index is 14.2. The molecule has 1 aromatic heterocycles. The van der Waals surface area contributed by atoms with Crippen LogP contribution < -0.4 is 79.9 Å². The van der Waals surface area contributed by atoms with E-state index in [1.807, 2.05) is 0 Å². The summed E-state index contributed by atoms with van der Waals surface area (Å²) < 4.78 is 42.4. The van der Waals surface area contributed by atoms with Crippen molar-refractivity contribution in [3.8, 4) is 0 Å². The number of aromatic nitrogens is 2. The zero-order valence-electron chi connectivity index (χ0n) is 17.2. The third-order valence-electron chi connectivity index (χ3n) is 4.49. The van der Waals surface area contributed by atoms with E-state index in [2.05, 4.69) is 10.3 Å². The number of hydrogen-bond donors (Lipinski definition) is 6. The summed E-state index contributed by atoms with van der Waals surface area (Å²) in [4.78, 5) is 55.5. The smallest absolute Gasteiger partial charge is 0.776 e. The SMILES string of the molecule is O=c1nc(NCCCC(O)(P(=O)([O-])O)P(=O)([O-])O)c(F)cn1C1C[C@H](O)[C@@H](CO)O1.[Na+].[Na+]. The molecule has 2 rings (SSSR count). The molecule has 0 aliphatic carbocycles. The Morgan fingerprint density at radius 2 is 1.88 bits per heavy atom. The molecule has 5 atom stereocenters. The minimum absolute atomic E-state index is 0. The molecule has 0 radical (unpaired) electrons. The molecule has 0 amide bonds. The van der Waals surface area contributed by atoms with Crippen molar-refractivity contribution in [2.75, 3.05) is 18.5 Å². The Morgan fingerprint density at radius 3 is 2.34 bits per heavy atom. The van der Waals surface area contributed by atoms with Gasteiger partial charge in [0, 0.05) is 13.0 Å². The fourth-order valence-electron chi connectivity index (χ4n) is 2.80. The molecule has 172 valence electrons. The Bertz CT molecular complexity index is 905. The first kappa shape index (κ1) is 32.8. The minimum Gasteiger partial charge on any atom is -0.776 e. The number of nitrogens with zero attached hydrogens (tertiary/aromatic N) is 2. The normalized spacial score (nSPS) is 26.1. The number of aliphatic hydroxyl groups is 3. The first-order valence-electron chi connectivity index (χ1n) is 8.48. The van der Waals surface area contributed by atoms with Gasteiger partial charge in [-0.25, -0.2) is 9.18 Å². The van der Waals surface area contributed by atoms with Crippen molar-refractivity contribution in [1.29, 1.82) is 0 Å². The fraction of sp³-hybridized carbons (Fsp3) is 0.692. The van der Waals surface area contributed by atoms with Gasteiger partial charge in [-0.15, -0.1) is 0 Å². The average molecular weight is 521 g/mol. The fourth-order valence-corrected chi connectivity index (χ4v) is 4.96. The van der Waals surface area contributed by atoms with Crippen molar-refractivity contribution >= 4 is 21.0 Å². The van der Waals surface area contributed by atoms with E-state index in [4.69, 9.17) is 19.6 Å². The Morgan fingerprint density at radius 1 is 1.31 bits per heavy atom. The number of aliphatic hydroxyl groups excluding tert-OH is 2. The van der Waals surface area contributed by atoms with Gasteiger partial charge in [0.1, 0.15) is 12.3 Å². The van der Waals surface area contributed by atoms with Crippen molar-refractivity contribution < 1.29 is 112 Å². The molecule has 2 heterocycles. The van der Waals surface area contributed by atoms with Crippen LogP contribution in [0.1, 0.15) is 25.5 Å². The second-order valence-electron chi connectivity index (χ2n) is 6.59. The zero-order valence-corrected chi connectivity index (χ0v) is 23.0. The molecule has 0 aromatic carbocycles. The van der Waals surface area contributed by atoms with Crippen LogP contribution in [-0.2, 0) is 13.9 Å². The zero-order chi connectivity index (χ0) is 22.9. The molecule has 0 spiro atoms. The van der Waals surface area contributed by atoms with Gasteiger partial charge in [-0.1, -0.05) is 0 Å². The van der Waals surface area contributed by atoms with Gasteiger partial charge in [0.05, 0.1) is 18.9 Å². The first-order valence-corrected chi connectivity index (χ1v) is 11.6. The van der Waals surface area contributed by atoms with Gasteiger partial charge in [0.25, 0.3) is 0 Å². The van der Waals surface area contributed by atoms with Crippen molar-refractivity contribution in [3.05, 3.63) is 22.5 Å². The van der Waals surface area contributed by atoms with Crippen LogP contribution in [0.2, 0.25) is 0 Å². The Kier molecular flexibility index (Phi) is 12.9. The summed E-state index contributed by atoms with van der Waals surface area (Å²) >= 11 is 0. The molecule has 0 saturated carbocycles. The van der Waals surface area contributed by atoms with Gasteiger partial charge in [-0.3, -0.25) is 4.57 Å². The molecular formula is C13H20FN3Na2O11P2. The standard InChI is InChI=1S/C13H22FN3O11P2.2Na/c14-7-5-17(10-4-8(19)9(6-18)28-10)12(20)16-11(7)15-3-1-2-13(21,29(22,23)24)30(25,26)27;;/h5,8-10,18-19,21H,1-4,6H2,(H,15,16,20)(H2,22,23,24)(H2,25,26,27);;/q;2*+1/p-2/t8-,9+,10?;;/m0../s1. The van der Waals surface area contributed by atoms with Crippen LogP contribution in [0.25, 0.3) is 0 Å². The molecule has 1 saturated heterocycles. The number of anilines is 1. The number of rotatable bonds is 9. The first-order chi connectivity index (χ1) is 13.7. The average Bonchev–Trinajstić information content (AvgIpc) is 2.99. The number of hydrogen-bond acceptors (Lipinski definition) is 11. The van der Waals surface area contributed by atoms with E-state index in [9.17, 15) is 38.3 Å². The molecule has 3 unspecified atom stereocenters. The molecule has 0 bridgehead atoms. The number of nitrogens with one attached hydrogen (secondary N) is 1. The molecule has 6 N–H and O–H groups in total. The van der Waals surface area contributed by atoms with E-state index >= 15 is 0 Å². The van der Waals surface area contributed by atoms with E-state index in [0.717, 1.165) is 10.8 Å². The largest absolute Gasteiger partial charge is 1.00 e. The van der Waals surface area contributed by atoms with E-state index in [0.29, 0.717) is 0 Å². The third-order valence-corrected chi connectivity index (χ3v) is 8.26. The van der Waals surface area contributed by atoms with Crippen LogP contribution in [0.15, 0.2) is 11.0 Å². The van der Waals surface area contributed by atoms with Crippen LogP contribution in [0.3, 0.4) is 0 Å². The molecule has 1 aromatic rings. The monoisotopic (exact) mass is 521 g/mol. The van der Waals surface area contributed by atoms with E-state index in [1.165, 1.54) is 0 Å². The van der Waals surface area contributed by atoms with E-state index in [-0.39, 0.29) is 65.5 Å². The van der Waals surface area contributed by atoms with E-state index < -0.39 is 82.0 Å². The maximum Gasteiger partial charge on any atom is 1.00 e. The van der Waals surface area contributed by atoms with Gasteiger partial charge in [0.15, 0.2) is 31.9 Å². The summed E-state index contributed by atoms with van der Waals surface area (Å²) in [5.74, 6) is -1.63. The molecule has 19 heteroatoms. The molecule has 1 aliphatic rings. The molecular weight excluding hydrogens is 501 g/mol. The van der Waals surface area contributed by atoms with Gasteiger partial charge in [0.2, 0.25) is 0 Å². The molecule has 1 aliphatic heterocycles. The van der Waals surface area contributed by atoms with Gasteiger partial charge >= 0.3 is 64.8 Å². The summed E-state index contributed by atoms with van der Waals surface area (Å²) in [5, 5.41) is 26.8. The van der Waals surface area contributed by atoms with E-state index in [1.54, 1.807) is 0 Å². The van der Waals surface area contributed by atoms with Crippen LogP contribution in [0, 0.1) is 5.82 Å². The van der Waals surface area contributed by atoms with Crippen molar-refractivity contribution in [2.24, 2.45) is 0 Å². The number of halogens is 1.